The number of fused-ring (bicyclic) bond motifs is 1. The zero-order valence-electron chi connectivity index (χ0n) is 12.4. The van der Waals surface area contributed by atoms with Crippen molar-refractivity contribution in [3.63, 3.8) is 0 Å². The lowest BCUT2D eigenvalue weighted by molar-refractivity contribution is 0.221. The molecule has 0 atom stereocenters. The second kappa shape index (κ2) is 5.79. The van der Waals surface area contributed by atoms with Crippen LogP contribution in [0.3, 0.4) is 0 Å². The Labute approximate surface area is 126 Å². The molecule has 0 radical (unpaired) electrons. The van der Waals surface area contributed by atoms with Crippen LogP contribution in [0.15, 0.2) is 24.4 Å². The maximum atomic E-state index is 6.47. The highest BCUT2D eigenvalue weighted by molar-refractivity contribution is 6.35. The van der Waals surface area contributed by atoms with Crippen LogP contribution in [-0.2, 0) is 6.54 Å². The summed E-state index contributed by atoms with van der Waals surface area (Å²) in [5, 5.41) is 2.13. The summed E-state index contributed by atoms with van der Waals surface area (Å²) >= 11 is 6.47. The molecule has 0 spiro atoms. The Bertz CT molecular complexity index is 594. The van der Waals surface area contributed by atoms with Crippen molar-refractivity contribution in [2.24, 2.45) is 0 Å². The van der Waals surface area contributed by atoms with Gasteiger partial charge in [0.1, 0.15) is 0 Å². The van der Waals surface area contributed by atoms with Crippen LogP contribution < -0.4 is 0 Å². The van der Waals surface area contributed by atoms with Crippen LogP contribution in [0.2, 0.25) is 5.02 Å². The summed E-state index contributed by atoms with van der Waals surface area (Å²) in [5.74, 6) is 0. The van der Waals surface area contributed by atoms with Gasteiger partial charge in [-0.25, -0.2) is 0 Å². The number of halogens is 1. The normalized spacial score (nSPS) is 17.2. The van der Waals surface area contributed by atoms with Gasteiger partial charge in [0.25, 0.3) is 0 Å². The fraction of sp³-hybridized carbons (Fsp3) is 0.529. The van der Waals surface area contributed by atoms with Crippen LogP contribution >= 0.6 is 11.6 Å². The zero-order valence-corrected chi connectivity index (χ0v) is 13.2. The minimum atomic E-state index is 0.464. The minimum absolute atomic E-state index is 0.464. The number of nitrogens with zero attached hydrogens (tertiary/aromatic N) is 2. The fourth-order valence-electron chi connectivity index (χ4n) is 3.25. The molecule has 1 aromatic heterocycles. The number of aromatic nitrogens is 1. The summed E-state index contributed by atoms with van der Waals surface area (Å²) in [6, 6.07) is 6.70. The van der Waals surface area contributed by atoms with E-state index in [1.54, 1.807) is 0 Å². The van der Waals surface area contributed by atoms with Crippen LogP contribution in [0.4, 0.5) is 0 Å². The summed E-state index contributed by atoms with van der Waals surface area (Å²) < 4.78 is 2.35. The van der Waals surface area contributed by atoms with Gasteiger partial charge in [-0.15, -0.1) is 0 Å². The monoisotopic (exact) mass is 290 g/mol. The average molecular weight is 291 g/mol. The summed E-state index contributed by atoms with van der Waals surface area (Å²) in [6.45, 7) is 7.92. The lowest BCUT2D eigenvalue weighted by Gasteiger charge is -2.26. The number of hydrogen-bond donors (Lipinski definition) is 0. The number of hydrogen-bond acceptors (Lipinski definition) is 1. The molecule has 0 N–H and O–H groups in total. The molecule has 0 aliphatic carbocycles. The smallest absolute Gasteiger partial charge is 0.0503 e. The Morgan fingerprint density at radius 3 is 2.60 bits per heavy atom. The second-order valence-corrected chi connectivity index (χ2v) is 6.53. The Kier molecular flexibility index (Phi) is 4.04. The predicted molar refractivity (Wildman–Crippen MR) is 86.5 cm³/mol. The highest BCUT2D eigenvalue weighted by atomic mass is 35.5. The largest absolute Gasteiger partial charge is 0.345 e. The molecular formula is C17H23ClN2. The van der Waals surface area contributed by atoms with Crippen LogP contribution in [0.1, 0.15) is 44.7 Å². The average Bonchev–Trinajstić information content (AvgIpc) is 2.80. The van der Waals surface area contributed by atoms with Crippen LogP contribution in [0.25, 0.3) is 10.9 Å². The molecule has 1 fully saturated rings. The molecule has 2 nitrogen and oxygen atoms in total. The van der Waals surface area contributed by atoms with Crippen LogP contribution in [-0.4, -0.2) is 22.6 Å². The number of benzene rings is 1. The Morgan fingerprint density at radius 2 is 1.90 bits per heavy atom. The second-order valence-electron chi connectivity index (χ2n) is 6.13. The fourth-order valence-corrected chi connectivity index (χ4v) is 3.54. The standard InChI is InChI=1S/C17H23ClN2/c1-13(2)20-12-14(11-19-9-4-3-5-10-19)17-15(18)7-6-8-16(17)20/h6-8,12-13H,3-5,9-11H2,1-2H3. The van der Waals surface area contributed by atoms with E-state index in [0.717, 1.165) is 11.6 Å². The van der Waals surface area contributed by atoms with E-state index in [-0.39, 0.29) is 0 Å². The first kappa shape index (κ1) is 14.0. The summed E-state index contributed by atoms with van der Waals surface area (Å²) in [7, 11) is 0. The third kappa shape index (κ3) is 2.59. The van der Waals surface area contributed by atoms with E-state index in [0.29, 0.717) is 6.04 Å². The first-order valence-electron chi connectivity index (χ1n) is 7.67. The maximum absolute atomic E-state index is 6.47. The van der Waals surface area contributed by atoms with Crippen LogP contribution in [0, 0.1) is 0 Å². The van der Waals surface area contributed by atoms with Crippen molar-refractivity contribution >= 4 is 22.5 Å². The molecule has 0 saturated carbocycles. The van der Waals surface area contributed by atoms with Crippen molar-refractivity contribution in [2.75, 3.05) is 13.1 Å². The van der Waals surface area contributed by atoms with E-state index >= 15 is 0 Å². The molecule has 2 heterocycles. The highest BCUT2D eigenvalue weighted by Gasteiger charge is 2.17. The third-order valence-corrected chi connectivity index (χ3v) is 4.60. The van der Waals surface area contributed by atoms with Gasteiger partial charge >= 0.3 is 0 Å². The molecule has 0 unspecified atom stereocenters. The van der Waals surface area contributed by atoms with Gasteiger partial charge < -0.3 is 4.57 Å². The molecular weight excluding hydrogens is 268 g/mol. The molecule has 0 bridgehead atoms. The molecule has 1 saturated heterocycles. The van der Waals surface area contributed by atoms with Crippen molar-refractivity contribution in [3.05, 3.63) is 35.0 Å². The van der Waals surface area contributed by atoms with E-state index < -0.39 is 0 Å². The molecule has 3 heteroatoms. The Balaban J connectivity index is 2.01. The molecule has 1 aliphatic heterocycles. The van der Waals surface area contributed by atoms with Crippen molar-refractivity contribution < 1.29 is 0 Å². The topological polar surface area (TPSA) is 8.17 Å². The van der Waals surface area contributed by atoms with Crippen molar-refractivity contribution in [1.29, 1.82) is 0 Å². The van der Waals surface area contributed by atoms with Gasteiger partial charge in [0.05, 0.1) is 10.5 Å². The maximum Gasteiger partial charge on any atom is 0.0503 e. The van der Waals surface area contributed by atoms with E-state index in [1.807, 2.05) is 12.1 Å². The van der Waals surface area contributed by atoms with Gasteiger partial charge in [0.15, 0.2) is 0 Å². The molecule has 1 aliphatic rings. The van der Waals surface area contributed by atoms with Gasteiger partial charge in [0.2, 0.25) is 0 Å². The number of piperidine rings is 1. The van der Waals surface area contributed by atoms with Crippen molar-refractivity contribution in [2.45, 2.75) is 45.7 Å². The van der Waals surface area contributed by atoms with Crippen LogP contribution in [0.5, 0.6) is 0 Å². The lowest BCUT2D eigenvalue weighted by Crippen LogP contribution is -2.29. The van der Waals surface area contributed by atoms with E-state index in [9.17, 15) is 0 Å². The van der Waals surface area contributed by atoms with Gasteiger partial charge in [-0.2, -0.15) is 0 Å². The summed E-state index contributed by atoms with van der Waals surface area (Å²) in [4.78, 5) is 2.56. The van der Waals surface area contributed by atoms with Gasteiger partial charge in [-0.05, 0) is 57.5 Å². The molecule has 2 aromatic rings. The third-order valence-electron chi connectivity index (χ3n) is 4.28. The predicted octanol–water partition coefficient (Wildman–Crippen LogP) is 4.86. The molecule has 108 valence electrons. The van der Waals surface area contributed by atoms with Gasteiger partial charge in [0, 0.05) is 24.2 Å². The van der Waals surface area contributed by atoms with E-state index in [1.165, 1.54) is 48.8 Å². The van der Waals surface area contributed by atoms with Gasteiger partial charge in [-0.1, -0.05) is 24.1 Å². The minimum Gasteiger partial charge on any atom is -0.345 e. The quantitative estimate of drug-likeness (QED) is 0.783. The van der Waals surface area contributed by atoms with E-state index in [2.05, 4.69) is 35.6 Å². The first-order chi connectivity index (χ1) is 9.66. The summed E-state index contributed by atoms with van der Waals surface area (Å²) in [5.41, 5.74) is 2.64. The first-order valence-corrected chi connectivity index (χ1v) is 8.05. The van der Waals surface area contributed by atoms with Crippen molar-refractivity contribution in [3.8, 4) is 0 Å². The van der Waals surface area contributed by atoms with Gasteiger partial charge in [-0.3, -0.25) is 4.90 Å². The Morgan fingerprint density at radius 1 is 1.15 bits per heavy atom. The molecule has 20 heavy (non-hydrogen) atoms. The van der Waals surface area contributed by atoms with E-state index in [4.69, 9.17) is 11.6 Å². The molecule has 1 aromatic carbocycles. The highest BCUT2D eigenvalue weighted by Crippen LogP contribution is 2.32. The van der Waals surface area contributed by atoms with Crippen molar-refractivity contribution in [1.82, 2.24) is 9.47 Å². The molecule has 0 amide bonds. The Hall–Kier alpha value is -0.990. The lowest BCUT2D eigenvalue weighted by atomic mass is 10.1. The molecule has 3 rings (SSSR count). The number of rotatable bonds is 3. The number of likely N-dealkylation sites (tertiary alicyclic amines) is 1. The summed E-state index contributed by atoms with van der Waals surface area (Å²) in [6.07, 6.45) is 6.34. The SMILES string of the molecule is CC(C)n1cc(CN2CCCCC2)c2c(Cl)cccc21. The zero-order chi connectivity index (χ0) is 14.1.